The highest BCUT2D eigenvalue weighted by Gasteiger charge is 2.27. The zero-order valence-electron chi connectivity index (χ0n) is 25.6. The number of benzene rings is 3. The van der Waals surface area contributed by atoms with Crippen LogP contribution in [0.4, 0.5) is 4.79 Å². The van der Waals surface area contributed by atoms with Crippen LogP contribution in [0.5, 0.6) is 0 Å². The number of alkyl carbamates (subject to hydrolysis) is 1. The van der Waals surface area contributed by atoms with Gasteiger partial charge in [0.1, 0.15) is 31.8 Å². The molecule has 1 unspecified atom stereocenters. The molecule has 0 aromatic heterocycles. The molecule has 3 aromatic rings. The van der Waals surface area contributed by atoms with Crippen LogP contribution in [0.25, 0.3) is 0 Å². The predicted octanol–water partition coefficient (Wildman–Crippen LogP) is 3.59. The molecule has 0 aliphatic heterocycles. The van der Waals surface area contributed by atoms with Crippen molar-refractivity contribution >= 4 is 29.8 Å². The standard InChI is InChI=1S/C34H40N4O7/c1-25(33(42)38(2)22-30(39)44-23-26-14-6-3-7-15-26)36-32(41)29(37-34(43)45-24-27-16-8-4-9-17-27)20-12-13-21-35-31(40)28-18-10-5-11-19-28/h3-11,14-19,25,29H,12-13,20-24H2,1-2H3,(H,35,40)(H,36,41)(H,37,43)/t25?,29-/m0/s1. The molecule has 45 heavy (non-hydrogen) atoms. The summed E-state index contributed by atoms with van der Waals surface area (Å²) in [6, 6.07) is 25.1. The van der Waals surface area contributed by atoms with E-state index in [1.54, 1.807) is 24.3 Å². The Labute approximate surface area is 263 Å². The van der Waals surface area contributed by atoms with Crippen molar-refractivity contribution in [2.75, 3.05) is 20.1 Å². The van der Waals surface area contributed by atoms with Gasteiger partial charge in [0.25, 0.3) is 5.91 Å². The van der Waals surface area contributed by atoms with Gasteiger partial charge in [-0.3, -0.25) is 19.2 Å². The molecule has 0 heterocycles. The Balaban J connectivity index is 1.50. The van der Waals surface area contributed by atoms with Crippen molar-refractivity contribution in [3.8, 4) is 0 Å². The molecule has 0 saturated heterocycles. The van der Waals surface area contributed by atoms with Crippen molar-refractivity contribution in [2.45, 2.75) is 51.5 Å². The molecule has 0 saturated carbocycles. The van der Waals surface area contributed by atoms with E-state index in [2.05, 4.69) is 16.0 Å². The first-order valence-corrected chi connectivity index (χ1v) is 14.8. The molecule has 3 aromatic carbocycles. The maximum Gasteiger partial charge on any atom is 0.408 e. The number of carbonyl (C=O) groups is 5. The third-order valence-electron chi connectivity index (χ3n) is 6.78. The number of unbranched alkanes of at least 4 members (excludes halogenated alkanes) is 1. The number of nitrogens with zero attached hydrogens (tertiary/aromatic N) is 1. The molecule has 0 spiro atoms. The Kier molecular flexibility index (Phi) is 14.1. The van der Waals surface area contributed by atoms with Crippen LogP contribution in [-0.4, -0.2) is 66.9 Å². The molecule has 3 N–H and O–H groups in total. The van der Waals surface area contributed by atoms with Crippen LogP contribution in [0.1, 0.15) is 47.7 Å². The maximum atomic E-state index is 13.2. The summed E-state index contributed by atoms with van der Waals surface area (Å²) in [5.41, 5.74) is 2.15. The van der Waals surface area contributed by atoms with Gasteiger partial charge in [0.15, 0.2) is 0 Å². The minimum absolute atomic E-state index is 0.0204. The summed E-state index contributed by atoms with van der Waals surface area (Å²) in [4.78, 5) is 64.4. The second-order valence-corrected chi connectivity index (χ2v) is 10.4. The number of hydrogen-bond donors (Lipinski definition) is 3. The Bertz CT molecular complexity index is 1390. The Hall–Kier alpha value is -5.19. The minimum atomic E-state index is -1.01. The fourth-order valence-corrected chi connectivity index (χ4v) is 4.30. The van der Waals surface area contributed by atoms with Gasteiger partial charge in [-0.2, -0.15) is 0 Å². The van der Waals surface area contributed by atoms with E-state index in [9.17, 15) is 24.0 Å². The van der Waals surface area contributed by atoms with Gasteiger partial charge in [0.2, 0.25) is 11.8 Å². The highest BCUT2D eigenvalue weighted by atomic mass is 16.5. The molecule has 0 radical (unpaired) electrons. The van der Waals surface area contributed by atoms with E-state index < -0.39 is 36.0 Å². The average Bonchev–Trinajstić information content (AvgIpc) is 3.06. The predicted molar refractivity (Wildman–Crippen MR) is 168 cm³/mol. The number of ether oxygens (including phenoxy) is 2. The first-order valence-electron chi connectivity index (χ1n) is 14.8. The third kappa shape index (κ3) is 12.5. The molecule has 0 bridgehead atoms. The van der Waals surface area contributed by atoms with Crippen LogP contribution < -0.4 is 16.0 Å². The van der Waals surface area contributed by atoms with Crippen molar-refractivity contribution in [2.24, 2.45) is 0 Å². The molecule has 238 valence electrons. The number of likely N-dealkylation sites (N-methyl/N-ethyl adjacent to an activating group) is 1. The van der Waals surface area contributed by atoms with Gasteiger partial charge in [0.05, 0.1) is 0 Å². The lowest BCUT2D eigenvalue weighted by Crippen LogP contribution is -2.53. The van der Waals surface area contributed by atoms with Crippen LogP contribution in [0.2, 0.25) is 0 Å². The topological polar surface area (TPSA) is 143 Å². The average molecular weight is 617 g/mol. The lowest BCUT2D eigenvalue weighted by atomic mass is 10.1. The maximum absolute atomic E-state index is 13.2. The number of rotatable bonds is 16. The highest BCUT2D eigenvalue weighted by molar-refractivity contribution is 5.94. The first kappa shape index (κ1) is 34.3. The second kappa shape index (κ2) is 18.5. The molecule has 0 fully saturated rings. The lowest BCUT2D eigenvalue weighted by molar-refractivity contribution is -0.150. The van der Waals surface area contributed by atoms with E-state index in [1.165, 1.54) is 18.9 Å². The Morgan fingerprint density at radius 2 is 1.29 bits per heavy atom. The third-order valence-corrected chi connectivity index (χ3v) is 6.78. The molecule has 11 nitrogen and oxygen atoms in total. The van der Waals surface area contributed by atoms with Crippen LogP contribution in [0.3, 0.4) is 0 Å². The van der Waals surface area contributed by atoms with Gasteiger partial charge in [-0.15, -0.1) is 0 Å². The van der Waals surface area contributed by atoms with Gasteiger partial charge in [-0.25, -0.2) is 4.79 Å². The zero-order chi connectivity index (χ0) is 32.4. The monoisotopic (exact) mass is 616 g/mol. The largest absolute Gasteiger partial charge is 0.459 e. The SMILES string of the molecule is CC(NC(=O)[C@H](CCCCNC(=O)c1ccccc1)NC(=O)OCc1ccccc1)C(=O)N(C)CC(=O)OCc1ccccc1. The number of nitrogens with one attached hydrogen (secondary N) is 3. The highest BCUT2D eigenvalue weighted by Crippen LogP contribution is 2.07. The number of carbonyl (C=O) groups excluding carboxylic acids is 5. The van der Waals surface area contributed by atoms with Crippen molar-refractivity contribution < 1.29 is 33.4 Å². The molecular weight excluding hydrogens is 576 g/mol. The van der Waals surface area contributed by atoms with Crippen molar-refractivity contribution in [1.29, 1.82) is 0 Å². The van der Waals surface area contributed by atoms with Crippen LogP contribution in [0, 0.1) is 0 Å². The van der Waals surface area contributed by atoms with Gasteiger partial charge in [-0.05, 0) is 49.4 Å². The molecule has 3 rings (SSSR count). The molecule has 11 heteroatoms. The number of hydrogen-bond acceptors (Lipinski definition) is 7. The fourth-order valence-electron chi connectivity index (χ4n) is 4.30. The Morgan fingerprint density at radius 1 is 0.733 bits per heavy atom. The summed E-state index contributed by atoms with van der Waals surface area (Å²) in [5, 5.41) is 8.06. The molecule has 2 atom stereocenters. The van der Waals surface area contributed by atoms with Gasteiger partial charge >= 0.3 is 12.1 Å². The summed E-state index contributed by atoms with van der Waals surface area (Å²) in [7, 11) is 1.44. The molecular formula is C34H40N4O7. The second-order valence-electron chi connectivity index (χ2n) is 10.4. The molecule has 0 aliphatic carbocycles. The van der Waals surface area contributed by atoms with E-state index in [0.29, 0.717) is 24.9 Å². The van der Waals surface area contributed by atoms with Crippen LogP contribution in [-0.2, 0) is 37.1 Å². The van der Waals surface area contributed by atoms with Gasteiger partial charge < -0.3 is 30.3 Å². The van der Waals surface area contributed by atoms with E-state index in [0.717, 1.165) is 11.1 Å². The van der Waals surface area contributed by atoms with Crippen molar-refractivity contribution in [3.63, 3.8) is 0 Å². The summed E-state index contributed by atoms with van der Waals surface area (Å²) in [5.74, 6) is -1.88. The van der Waals surface area contributed by atoms with E-state index in [4.69, 9.17) is 9.47 Å². The zero-order valence-corrected chi connectivity index (χ0v) is 25.6. The minimum Gasteiger partial charge on any atom is -0.459 e. The number of esters is 1. The van der Waals surface area contributed by atoms with Gasteiger partial charge in [-0.1, -0.05) is 78.9 Å². The summed E-state index contributed by atoms with van der Waals surface area (Å²) >= 11 is 0. The summed E-state index contributed by atoms with van der Waals surface area (Å²) in [6.07, 6.45) is 0.483. The smallest absolute Gasteiger partial charge is 0.408 e. The normalized spacial score (nSPS) is 11.8. The van der Waals surface area contributed by atoms with Gasteiger partial charge in [0, 0.05) is 19.2 Å². The van der Waals surface area contributed by atoms with Crippen molar-refractivity contribution in [1.82, 2.24) is 20.9 Å². The van der Waals surface area contributed by atoms with E-state index >= 15 is 0 Å². The number of amides is 4. The fraction of sp³-hybridized carbons (Fsp3) is 0.324. The quantitative estimate of drug-likeness (QED) is 0.165. The Morgan fingerprint density at radius 3 is 1.89 bits per heavy atom. The van der Waals surface area contributed by atoms with Crippen molar-refractivity contribution in [3.05, 3.63) is 108 Å². The molecule has 0 aliphatic rings. The first-order chi connectivity index (χ1) is 21.7. The lowest BCUT2D eigenvalue weighted by Gasteiger charge is -2.24. The molecule has 4 amide bonds. The van der Waals surface area contributed by atoms with E-state index in [-0.39, 0.29) is 32.1 Å². The summed E-state index contributed by atoms with van der Waals surface area (Å²) in [6.45, 7) is 1.68. The van der Waals surface area contributed by atoms with Crippen LogP contribution >= 0.6 is 0 Å². The van der Waals surface area contributed by atoms with E-state index in [1.807, 2.05) is 66.7 Å². The van der Waals surface area contributed by atoms with Crippen LogP contribution in [0.15, 0.2) is 91.0 Å². The summed E-state index contributed by atoms with van der Waals surface area (Å²) < 4.78 is 10.5.